The number of rotatable bonds is 7. The molecule has 0 aromatic heterocycles. The van der Waals surface area contributed by atoms with Crippen molar-refractivity contribution < 1.29 is 37.1 Å². The van der Waals surface area contributed by atoms with Crippen LogP contribution in [0.15, 0.2) is 12.1 Å². The Morgan fingerprint density at radius 2 is 1.89 bits per heavy atom. The lowest BCUT2D eigenvalue weighted by atomic mass is 10.2. The van der Waals surface area contributed by atoms with Crippen LogP contribution in [0.25, 0.3) is 0 Å². The van der Waals surface area contributed by atoms with E-state index in [1.54, 1.807) is 0 Å². The maximum atomic E-state index is 13.4. The van der Waals surface area contributed by atoms with Gasteiger partial charge in [-0.2, -0.15) is 0 Å². The van der Waals surface area contributed by atoms with Gasteiger partial charge in [-0.3, -0.25) is 19.2 Å². The molecule has 1 heterocycles. The predicted molar refractivity (Wildman–Crippen MR) is 88.3 cm³/mol. The molecule has 1 aliphatic rings. The molecule has 27 heavy (non-hydrogen) atoms. The summed E-state index contributed by atoms with van der Waals surface area (Å²) in [6.07, 6.45) is 0. The van der Waals surface area contributed by atoms with Crippen LogP contribution in [0.5, 0.6) is 0 Å². The van der Waals surface area contributed by atoms with Gasteiger partial charge in [0.2, 0.25) is 5.91 Å². The highest BCUT2D eigenvalue weighted by Gasteiger charge is 2.24. The van der Waals surface area contributed by atoms with Gasteiger partial charge in [0.15, 0.2) is 24.1 Å². The van der Waals surface area contributed by atoms with Gasteiger partial charge in [-0.25, -0.2) is 13.2 Å². The molecule has 0 saturated carbocycles. The fourth-order valence-corrected chi connectivity index (χ4v) is 2.79. The molecule has 3 amide bonds. The van der Waals surface area contributed by atoms with Gasteiger partial charge in [-0.1, -0.05) is 11.8 Å². The second-order valence-electron chi connectivity index (χ2n) is 5.24. The van der Waals surface area contributed by atoms with Crippen LogP contribution in [0, 0.1) is 17.5 Å². The Balaban J connectivity index is 1.70. The average Bonchev–Trinajstić information content (AvgIpc) is 3.03. The highest BCUT2D eigenvalue weighted by atomic mass is 32.2. The number of ether oxygens (including phenoxy) is 1. The second kappa shape index (κ2) is 9.26. The summed E-state index contributed by atoms with van der Waals surface area (Å²) < 4.78 is 44.0. The van der Waals surface area contributed by atoms with Crippen LogP contribution in [0.1, 0.15) is 0 Å². The molecule has 146 valence electrons. The molecule has 8 nitrogen and oxygen atoms in total. The third kappa shape index (κ3) is 5.88. The minimum atomic E-state index is -1.74. The number of anilines is 1. The van der Waals surface area contributed by atoms with Gasteiger partial charge in [0.1, 0.15) is 6.54 Å². The molecule has 1 fully saturated rings. The van der Waals surface area contributed by atoms with Gasteiger partial charge in [0, 0.05) is 12.3 Å². The normalized spacial score (nSPS) is 13.4. The number of nitrogens with zero attached hydrogens (tertiary/aromatic N) is 1. The van der Waals surface area contributed by atoms with Gasteiger partial charge < -0.3 is 20.3 Å². The fourth-order valence-electron chi connectivity index (χ4n) is 1.96. The molecule has 0 spiro atoms. The zero-order valence-corrected chi connectivity index (χ0v) is 14.5. The van der Waals surface area contributed by atoms with Crippen LogP contribution < -0.4 is 10.6 Å². The van der Waals surface area contributed by atoms with Crippen LogP contribution in [0.2, 0.25) is 0 Å². The highest BCUT2D eigenvalue weighted by Crippen LogP contribution is 2.19. The van der Waals surface area contributed by atoms with Crippen molar-refractivity contribution >= 4 is 40.5 Å². The van der Waals surface area contributed by atoms with E-state index in [4.69, 9.17) is 0 Å². The summed E-state index contributed by atoms with van der Waals surface area (Å²) >= 11 is 1.07. The molecule has 2 N–H and O–H groups in total. The Bertz CT molecular complexity index is 777. The van der Waals surface area contributed by atoms with E-state index in [2.05, 4.69) is 10.1 Å². The minimum absolute atomic E-state index is 0.252. The summed E-state index contributed by atoms with van der Waals surface area (Å²) in [5.74, 6) is -6.65. The summed E-state index contributed by atoms with van der Waals surface area (Å²) in [5, 5.41) is 3.81. The van der Waals surface area contributed by atoms with E-state index in [-0.39, 0.29) is 11.8 Å². The summed E-state index contributed by atoms with van der Waals surface area (Å²) in [6.45, 7) is -1.17. The summed E-state index contributed by atoms with van der Waals surface area (Å²) in [4.78, 5) is 47.3. The Hall–Kier alpha value is -2.76. The number of hydrogen-bond donors (Lipinski definition) is 2. The van der Waals surface area contributed by atoms with Gasteiger partial charge in [-0.05, 0) is 12.1 Å². The quantitative estimate of drug-likeness (QED) is 0.515. The number of carbonyl (C=O) groups is 4. The van der Waals surface area contributed by atoms with Crippen molar-refractivity contribution in [1.29, 1.82) is 0 Å². The Kier molecular flexibility index (Phi) is 7.05. The molecule has 0 atom stereocenters. The number of esters is 1. The van der Waals surface area contributed by atoms with Gasteiger partial charge in [-0.15, -0.1) is 0 Å². The van der Waals surface area contributed by atoms with E-state index < -0.39 is 54.1 Å². The summed E-state index contributed by atoms with van der Waals surface area (Å²) in [7, 11) is 0. The summed E-state index contributed by atoms with van der Waals surface area (Å²) in [5.41, 5.74) is -0.590. The Morgan fingerprint density at radius 3 is 2.56 bits per heavy atom. The van der Waals surface area contributed by atoms with E-state index in [1.165, 1.54) is 4.90 Å². The molecule has 1 aliphatic heterocycles. The van der Waals surface area contributed by atoms with E-state index in [0.717, 1.165) is 17.8 Å². The van der Waals surface area contributed by atoms with Crippen LogP contribution in [0.3, 0.4) is 0 Å². The van der Waals surface area contributed by atoms with E-state index in [9.17, 15) is 32.3 Å². The fraction of sp³-hybridized carbons (Fsp3) is 0.333. The van der Waals surface area contributed by atoms with E-state index >= 15 is 0 Å². The number of hydrogen-bond acceptors (Lipinski definition) is 6. The van der Waals surface area contributed by atoms with Crippen molar-refractivity contribution in [2.45, 2.75) is 0 Å². The second-order valence-corrected chi connectivity index (χ2v) is 6.29. The largest absolute Gasteiger partial charge is 0.454 e. The highest BCUT2D eigenvalue weighted by molar-refractivity contribution is 8.13. The zero-order chi connectivity index (χ0) is 20.0. The first-order valence-corrected chi connectivity index (χ1v) is 8.54. The molecule has 1 saturated heterocycles. The molecule has 0 radical (unpaired) electrons. The maximum Gasteiger partial charge on any atom is 0.326 e. The summed E-state index contributed by atoms with van der Waals surface area (Å²) in [6, 6.07) is 1.46. The monoisotopic (exact) mass is 405 g/mol. The van der Waals surface area contributed by atoms with Gasteiger partial charge in [0.05, 0.1) is 12.2 Å². The third-order valence-corrected chi connectivity index (χ3v) is 4.18. The van der Waals surface area contributed by atoms with Crippen molar-refractivity contribution in [3.63, 3.8) is 0 Å². The Morgan fingerprint density at radius 1 is 1.15 bits per heavy atom. The third-order valence-electron chi connectivity index (χ3n) is 3.28. The topological polar surface area (TPSA) is 105 Å². The average molecular weight is 405 g/mol. The van der Waals surface area contributed by atoms with Crippen molar-refractivity contribution in [3.05, 3.63) is 29.6 Å². The number of amides is 3. The van der Waals surface area contributed by atoms with Crippen LogP contribution in [0.4, 0.5) is 23.7 Å². The molecule has 1 aromatic carbocycles. The standard InChI is InChI=1S/C15H14F3N3O5S/c16-8-1-2-9(14(18)13(8)17)20-10(22)5-19-11(23)7-26-12(24)6-21-3-4-27-15(21)25/h1-2H,3-7H2,(H,19,23)(H,20,22). The molecule has 12 heteroatoms. The van der Waals surface area contributed by atoms with Crippen molar-refractivity contribution in [3.8, 4) is 0 Å². The van der Waals surface area contributed by atoms with E-state index in [0.29, 0.717) is 18.4 Å². The SMILES string of the molecule is O=C(COC(=O)CN1CCSC1=O)NCC(=O)Nc1ccc(F)c(F)c1F. The lowest BCUT2D eigenvalue weighted by molar-refractivity contribution is -0.148. The smallest absolute Gasteiger partial charge is 0.326 e. The predicted octanol–water partition coefficient (Wildman–Crippen LogP) is 0.871. The molecule has 0 bridgehead atoms. The zero-order valence-electron chi connectivity index (χ0n) is 13.7. The van der Waals surface area contributed by atoms with E-state index in [1.807, 2.05) is 5.32 Å². The molecule has 1 aromatic rings. The molecular weight excluding hydrogens is 391 g/mol. The molecule has 2 rings (SSSR count). The Labute approximate surface area is 155 Å². The van der Waals surface area contributed by atoms with Crippen LogP contribution >= 0.6 is 11.8 Å². The number of carbonyl (C=O) groups excluding carboxylic acids is 4. The molecule has 0 aliphatic carbocycles. The number of nitrogens with one attached hydrogen (secondary N) is 2. The van der Waals surface area contributed by atoms with Gasteiger partial charge >= 0.3 is 5.97 Å². The van der Waals surface area contributed by atoms with Crippen molar-refractivity contribution in [2.24, 2.45) is 0 Å². The first-order valence-electron chi connectivity index (χ1n) is 7.55. The number of benzene rings is 1. The number of thioether (sulfide) groups is 1. The van der Waals surface area contributed by atoms with Gasteiger partial charge in [0.25, 0.3) is 11.1 Å². The first-order chi connectivity index (χ1) is 12.8. The maximum absolute atomic E-state index is 13.4. The molecular formula is C15H14F3N3O5S. The lowest BCUT2D eigenvalue weighted by Gasteiger charge is -2.13. The van der Waals surface area contributed by atoms with Crippen molar-refractivity contribution in [2.75, 3.05) is 37.3 Å². The number of halogens is 3. The first kappa shape index (κ1) is 20.6. The lowest BCUT2D eigenvalue weighted by Crippen LogP contribution is -2.37. The van der Waals surface area contributed by atoms with Crippen molar-refractivity contribution in [1.82, 2.24) is 10.2 Å². The van der Waals surface area contributed by atoms with Crippen LogP contribution in [-0.4, -0.2) is 59.9 Å². The minimum Gasteiger partial charge on any atom is -0.454 e. The molecule has 0 unspecified atom stereocenters. The van der Waals surface area contributed by atoms with Crippen LogP contribution in [-0.2, 0) is 19.1 Å².